The zero-order valence-electron chi connectivity index (χ0n) is 17.6. The minimum Gasteiger partial charge on any atom is -0.394 e. The molecule has 0 unspecified atom stereocenters. The van der Waals surface area contributed by atoms with Gasteiger partial charge in [0.2, 0.25) is 5.91 Å². The van der Waals surface area contributed by atoms with E-state index in [1.807, 2.05) is 5.32 Å². The molecule has 3 rings (SSSR count). The van der Waals surface area contributed by atoms with Gasteiger partial charge in [0.05, 0.1) is 25.2 Å². The highest BCUT2D eigenvalue weighted by molar-refractivity contribution is 5.94. The van der Waals surface area contributed by atoms with Crippen LogP contribution in [0.3, 0.4) is 0 Å². The van der Waals surface area contributed by atoms with Crippen LogP contribution < -0.4 is 16.4 Å². The molecule has 1 aliphatic heterocycles. The Kier molecular flexibility index (Phi) is 8.72. The van der Waals surface area contributed by atoms with Crippen molar-refractivity contribution in [2.75, 3.05) is 18.5 Å². The number of hydrogen-bond acceptors (Lipinski definition) is 5. The van der Waals surface area contributed by atoms with Crippen LogP contribution in [0.15, 0.2) is 18.3 Å². The lowest BCUT2D eigenvalue weighted by Crippen LogP contribution is -2.43. The van der Waals surface area contributed by atoms with Crippen LogP contribution in [-0.4, -0.2) is 58.3 Å². The molecule has 0 radical (unpaired) electrons. The first-order chi connectivity index (χ1) is 14.6. The molecule has 1 saturated heterocycles. The normalized spacial score (nSPS) is 25.5. The molecule has 8 nitrogen and oxygen atoms in total. The van der Waals surface area contributed by atoms with Crippen molar-refractivity contribution in [2.24, 2.45) is 17.6 Å². The lowest BCUT2D eigenvalue weighted by atomic mass is 9.79. The molecule has 1 saturated carbocycles. The molecule has 0 aromatic carbocycles. The largest absolute Gasteiger partial charge is 0.410 e. The minimum absolute atomic E-state index is 0. The van der Waals surface area contributed by atoms with Gasteiger partial charge in [0.25, 0.3) is 0 Å². The van der Waals surface area contributed by atoms with Crippen LogP contribution in [0.1, 0.15) is 44.2 Å². The number of alkyl halides is 3. The highest BCUT2D eigenvalue weighted by Crippen LogP contribution is 2.31. The molecule has 2 heterocycles. The van der Waals surface area contributed by atoms with Crippen LogP contribution in [-0.2, 0) is 4.79 Å². The molecular weight excluding hydrogens is 451 g/mol. The van der Waals surface area contributed by atoms with E-state index in [2.05, 4.69) is 17.2 Å². The summed E-state index contributed by atoms with van der Waals surface area (Å²) in [7, 11) is 0. The topological polar surface area (TPSA) is 121 Å². The van der Waals surface area contributed by atoms with E-state index in [-0.39, 0.29) is 30.0 Å². The number of aliphatic hydroxyl groups is 1. The van der Waals surface area contributed by atoms with Crippen molar-refractivity contribution in [2.45, 2.75) is 56.9 Å². The summed E-state index contributed by atoms with van der Waals surface area (Å²) in [5.74, 6) is 0.477. The molecule has 0 spiro atoms. The zero-order valence-corrected chi connectivity index (χ0v) is 18.5. The van der Waals surface area contributed by atoms with Crippen LogP contribution in [0.2, 0.25) is 0 Å². The molecule has 32 heavy (non-hydrogen) atoms. The highest BCUT2D eigenvalue weighted by Gasteiger charge is 2.48. The minimum atomic E-state index is -4.59. The second-order valence-electron chi connectivity index (χ2n) is 8.40. The standard InChI is InChI=1S/C20H28F3N5O3.ClH/c1-11-2-4-12(5-3-11)17(24)18(30)27-16-8-13(6-7-25-16)14(10-29)28-9-15(20(21,22)23)26-19(28)31;/h6-8,11-12,14-15,17,29H,2-5,9-10,24H2,1H3,(H,26,31)(H,25,27,30);1H/t11?,12?,14-,15-,17-;/m0./s1. The Morgan fingerprint density at radius 3 is 2.59 bits per heavy atom. The molecule has 1 aromatic heterocycles. The smallest absolute Gasteiger partial charge is 0.394 e. The van der Waals surface area contributed by atoms with Crippen LogP contribution in [0.4, 0.5) is 23.8 Å². The van der Waals surface area contributed by atoms with Gasteiger partial charge in [-0.25, -0.2) is 9.78 Å². The van der Waals surface area contributed by atoms with Crippen molar-refractivity contribution in [1.82, 2.24) is 15.2 Å². The Hall–Kier alpha value is -2.11. The quantitative estimate of drug-likeness (QED) is 0.500. The fourth-order valence-corrected chi connectivity index (χ4v) is 4.19. The Morgan fingerprint density at radius 2 is 2.03 bits per heavy atom. The molecule has 180 valence electrons. The molecule has 2 aliphatic rings. The Bertz CT molecular complexity index is 805. The van der Waals surface area contributed by atoms with Gasteiger partial charge in [-0.2, -0.15) is 13.2 Å². The number of nitrogens with two attached hydrogens (primary N) is 1. The monoisotopic (exact) mass is 479 g/mol. The van der Waals surface area contributed by atoms with Crippen molar-refractivity contribution in [3.05, 3.63) is 23.9 Å². The summed E-state index contributed by atoms with van der Waals surface area (Å²) < 4.78 is 38.9. The number of nitrogens with one attached hydrogen (secondary N) is 2. The summed E-state index contributed by atoms with van der Waals surface area (Å²) in [6.45, 7) is 0.962. The first kappa shape index (κ1) is 26.1. The van der Waals surface area contributed by atoms with E-state index < -0.39 is 43.5 Å². The summed E-state index contributed by atoms with van der Waals surface area (Å²) >= 11 is 0. The number of hydrogen-bond donors (Lipinski definition) is 4. The summed E-state index contributed by atoms with van der Waals surface area (Å²) in [6, 6.07) is -1.72. The first-order valence-corrected chi connectivity index (χ1v) is 10.4. The Morgan fingerprint density at radius 1 is 1.38 bits per heavy atom. The third-order valence-corrected chi connectivity index (χ3v) is 6.17. The molecule has 12 heteroatoms. The number of anilines is 1. The lowest BCUT2D eigenvalue weighted by molar-refractivity contribution is -0.150. The van der Waals surface area contributed by atoms with Crippen molar-refractivity contribution >= 4 is 30.2 Å². The number of halogens is 4. The third kappa shape index (κ3) is 6.02. The van der Waals surface area contributed by atoms with Gasteiger partial charge in [-0.05, 0) is 42.4 Å². The zero-order chi connectivity index (χ0) is 22.8. The van der Waals surface area contributed by atoms with Gasteiger partial charge in [0.15, 0.2) is 0 Å². The number of pyridine rings is 1. The fourth-order valence-electron chi connectivity index (χ4n) is 4.19. The van der Waals surface area contributed by atoms with Crippen molar-refractivity contribution in [1.29, 1.82) is 0 Å². The second-order valence-corrected chi connectivity index (χ2v) is 8.40. The van der Waals surface area contributed by atoms with E-state index in [0.717, 1.165) is 30.6 Å². The third-order valence-electron chi connectivity index (χ3n) is 6.17. The van der Waals surface area contributed by atoms with E-state index >= 15 is 0 Å². The van der Waals surface area contributed by atoms with Crippen LogP contribution in [0.5, 0.6) is 0 Å². The SMILES string of the molecule is CC1CCC([C@H](N)C(=O)Nc2cc([C@H](CO)N3C[C@@H](C(F)(F)F)NC3=O)ccn2)CC1.Cl. The van der Waals surface area contributed by atoms with Gasteiger partial charge in [-0.1, -0.05) is 19.8 Å². The second kappa shape index (κ2) is 10.7. The molecule has 1 aliphatic carbocycles. The molecule has 3 atom stereocenters. The number of nitrogens with zero attached hydrogens (tertiary/aromatic N) is 2. The van der Waals surface area contributed by atoms with Crippen LogP contribution in [0.25, 0.3) is 0 Å². The average Bonchev–Trinajstić information content (AvgIpc) is 3.11. The maximum absolute atomic E-state index is 13.0. The van der Waals surface area contributed by atoms with Crippen LogP contribution >= 0.6 is 12.4 Å². The number of carbonyl (C=O) groups is 2. The summed E-state index contributed by atoms with van der Waals surface area (Å²) in [5.41, 5.74) is 6.49. The number of carbonyl (C=O) groups excluding carboxylic acids is 2. The van der Waals surface area contributed by atoms with E-state index in [4.69, 9.17) is 5.73 Å². The van der Waals surface area contributed by atoms with Gasteiger partial charge >= 0.3 is 12.2 Å². The molecule has 5 N–H and O–H groups in total. The number of aromatic nitrogens is 1. The maximum atomic E-state index is 13.0. The highest BCUT2D eigenvalue weighted by atomic mass is 35.5. The Labute approximate surface area is 190 Å². The van der Waals surface area contributed by atoms with E-state index in [1.54, 1.807) is 0 Å². The van der Waals surface area contributed by atoms with Crippen molar-refractivity contribution in [3.8, 4) is 0 Å². The van der Waals surface area contributed by atoms with E-state index in [1.165, 1.54) is 18.3 Å². The molecule has 3 amide bonds. The molecular formula is C20H29ClF3N5O3. The van der Waals surface area contributed by atoms with E-state index in [0.29, 0.717) is 11.5 Å². The predicted molar refractivity (Wildman–Crippen MR) is 114 cm³/mol. The number of rotatable bonds is 6. The van der Waals surface area contributed by atoms with Crippen molar-refractivity contribution < 1.29 is 27.9 Å². The summed E-state index contributed by atoms with van der Waals surface area (Å²) in [6.07, 6.45) is 0.564. The van der Waals surface area contributed by atoms with Crippen molar-refractivity contribution in [3.63, 3.8) is 0 Å². The van der Waals surface area contributed by atoms with Crippen LogP contribution in [0, 0.1) is 11.8 Å². The number of urea groups is 1. The van der Waals surface area contributed by atoms with E-state index in [9.17, 15) is 27.9 Å². The predicted octanol–water partition coefficient (Wildman–Crippen LogP) is 2.59. The average molecular weight is 480 g/mol. The fraction of sp³-hybridized carbons (Fsp3) is 0.650. The number of aliphatic hydroxyl groups excluding tert-OH is 1. The molecule has 2 fully saturated rings. The lowest BCUT2D eigenvalue weighted by Gasteiger charge is -2.30. The van der Waals surface area contributed by atoms with Gasteiger partial charge < -0.3 is 26.4 Å². The van der Waals surface area contributed by atoms with Gasteiger partial charge in [-0.3, -0.25) is 4.79 Å². The summed E-state index contributed by atoms with van der Waals surface area (Å²) in [4.78, 5) is 29.6. The van der Waals surface area contributed by atoms with Gasteiger partial charge in [0.1, 0.15) is 11.9 Å². The molecule has 0 bridgehead atoms. The Balaban J connectivity index is 0.00000363. The number of amides is 3. The maximum Gasteiger partial charge on any atom is 0.410 e. The van der Waals surface area contributed by atoms with Gasteiger partial charge in [0, 0.05) is 6.20 Å². The molecule has 1 aromatic rings. The summed E-state index contributed by atoms with van der Waals surface area (Å²) in [5, 5.41) is 14.3. The van der Waals surface area contributed by atoms with Gasteiger partial charge in [-0.15, -0.1) is 12.4 Å². The first-order valence-electron chi connectivity index (χ1n) is 10.4.